The third kappa shape index (κ3) is 5.80. The van der Waals surface area contributed by atoms with Gasteiger partial charge in [-0.1, -0.05) is 82.8 Å². The maximum absolute atomic E-state index is 13.2. The molecular formula is C29H36FN2P. The van der Waals surface area contributed by atoms with E-state index in [2.05, 4.69) is 53.1 Å². The van der Waals surface area contributed by atoms with E-state index in [-0.39, 0.29) is 13.7 Å². The smallest absolute Gasteiger partial charge is 0.208 e. The van der Waals surface area contributed by atoms with E-state index in [0.717, 1.165) is 23.4 Å². The minimum atomic E-state index is -0.186. The lowest BCUT2D eigenvalue weighted by Crippen LogP contribution is -2.29. The van der Waals surface area contributed by atoms with Gasteiger partial charge < -0.3 is 9.80 Å². The van der Waals surface area contributed by atoms with Crippen molar-refractivity contribution in [1.29, 1.82) is 0 Å². The van der Waals surface area contributed by atoms with E-state index in [1.54, 1.807) is 5.30 Å². The molecule has 3 aliphatic rings. The Morgan fingerprint density at radius 1 is 0.727 bits per heavy atom. The fourth-order valence-corrected chi connectivity index (χ4v) is 9.81. The molecule has 0 atom stereocenters. The van der Waals surface area contributed by atoms with Crippen LogP contribution in [0.15, 0.2) is 60.9 Å². The standard InChI is InChI=1S/C29H36FN2P/c30-26-17-15-24(16-18-26)21-31-19-20-32(23-31)22-25-9-7-8-14-29(25)33(27-10-3-1-4-11-27)28-12-5-2-6-13-28/h7-9,14-20,27-28H,1-6,10-13,21-22H2. The highest BCUT2D eigenvalue weighted by molar-refractivity contribution is 7.67. The zero-order valence-corrected chi connectivity index (χ0v) is 20.5. The summed E-state index contributed by atoms with van der Waals surface area (Å²) in [6.45, 7) is 5.09. The molecule has 0 spiro atoms. The highest BCUT2D eigenvalue weighted by atomic mass is 31.1. The quantitative estimate of drug-likeness (QED) is 0.396. The number of halogens is 1. The Morgan fingerprint density at radius 3 is 1.94 bits per heavy atom. The van der Waals surface area contributed by atoms with Crippen molar-refractivity contribution in [1.82, 2.24) is 9.80 Å². The summed E-state index contributed by atoms with van der Waals surface area (Å²) < 4.78 is 13.2. The van der Waals surface area contributed by atoms with E-state index in [1.807, 2.05) is 12.1 Å². The molecule has 0 amide bonds. The van der Waals surface area contributed by atoms with Crippen LogP contribution in [0.2, 0.25) is 0 Å². The predicted octanol–water partition coefficient (Wildman–Crippen LogP) is 7.38. The van der Waals surface area contributed by atoms with Crippen LogP contribution in [0.4, 0.5) is 4.39 Å². The fraction of sp³-hybridized carbons (Fsp3) is 0.483. The van der Waals surface area contributed by atoms with Gasteiger partial charge in [0.05, 0.1) is 0 Å². The summed E-state index contributed by atoms with van der Waals surface area (Å²) in [5, 5.41) is 1.67. The Hall–Kier alpha value is -1.86. The first-order valence-corrected chi connectivity index (χ1v) is 14.3. The minimum Gasteiger partial charge on any atom is -0.342 e. The second-order valence-electron chi connectivity index (χ2n) is 9.90. The molecule has 2 saturated carbocycles. The Kier molecular flexibility index (Phi) is 7.67. The van der Waals surface area contributed by atoms with Gasteiger partial charge in [0.15, 0.2) is 0 Å². The van der Waals surface area contributed by atoms with Gasteiger partial charge in [-0.2, -0.15) is 0 Å². The van der Waals surface area contributed by atoms with Crippen molar-refractivity contribution in [2.24, 2.45) is 0 Å². The van der Waals surface area contributed by atoms with E-state index in [9.17, 15) is 4.39 Å². The third-order valence-corrected chi connectivity index (χ3v) is 11.1. The summed E-state index contributed by atoms with van der Waals surface area (Å²) in [7, 11) is -0.115. The molecule has 5 rings (SSSR count). The summed E-state index contributed by atoms with van der Waals surface area (Å²) in [5.41, 5.74) is 4.40. The molecule has 0 N–H and O–H groups in total. The van der Waals surface area contributed by atoms with Crippen LogP contribution in [0, 0.1) is 12.5 Å². The van der Waals surface area contributed by atoms with Crippen molar-refractivity contribution in [2.45, 2.75) is 88.6 Å². The first-order valence-electron chi connectivity index (χ1n) is 12.8. The Labute approximate surface area is 200 Å². The van der Waals surface area contributed by atoms with E-state index >= 15 is 0 Å². The second-order valence-corrected chi connectivity index (χ2v) is 12.7. The van der Waals surface area contributed by atoms with Crippen LogP contribution in [0.1, 0.15) is 75.3 Å². The van der Waals surface area contributed by atoms with Crippen LogP contribution < -0.4 is 5.30 Å². The van der Waals surface area contributed by atoms with Crippen molar-refractivity contribution in [3.8, 4) is 0 Å². The molecule has 2 aliphatic carbocycles. The number of benzene rings is 2. The van der Waals surface area contributed by atoms with Crippen LogP contribution in [-0.4, -0.2) is 21.1 Å². The van der Waals surface area contributed by atoms with Crippen LogP contribution >= 0.6 is 7.92 Å². The fourth-order valence-electron chi connectivity index (χ4n) is 5.85. The summed E-state index contributed by atoms with van der Waals surface area (Å²) in [5.74, 6) is -0.186. The minimum absolute atomic E-state index is 0.115. The number of hydrogen-bond acceptors (Lipinski definition) is 2. The maximum Gasteiger partial charge on any atom is 0.208 e. The molecular weight excluding hydrogens is 426 g/mol. The summed E-state index contributed by atoms with van der Waals surface area (Å²) >= 11 is 0. The van der Waals surface area contributed by atoms with Gasteiger partial charge in [-0.3, -0.25) is 0 Å². The highest BCUT2D eigenvalue weighted by Gasteiger charge is 2.33. The van der Waals surface area contributed by atoms with Gasteiger partial charge in [0.1, 0.15) is 5.82 Å². The molecule has 33 heavy (non-hydrogen) atoms. The molecule has 2 aromatic rings. The molecule has 0 unspecified atom stereocenters. The lowest BCUT2D eigenvalue weighted by Gasteiger charge is -2.40. The molecule has 0 aromatic heterocycles. The van der Waals surface area contributed by atoms with Gasteiger partial charge in [-0.25, -0.2) is 4.39 Å². The lowest BCUT2D eigenvalue weighted by molar-refractivity contribution is 0.335. The van der Waals surface area contributed by atoms with E-state index in [4.69, 9.17) is 0 Å². The molecule has 2 fully saturated rings. The van der Waals surface area contributed by atoms with Crippen molar-refractivity contribution < 1.29 is 4.39 Å². The number of nitrogens with zero attached hydrogens (tertiary/aromatic N) is 2. The summed E-state index contributed by atoms with van der Waals surface area (Å²) in [4.78, 5) is 4.26. The molecule has 1 heterocycles. The van der Waals surface area contributed by atoms with Crippen molar-refractivity contribution in [3.63, 3.8) is 0 Å². The van der Waals surface area contributed by atoms with Gasteiger partial charge in [0.2, 0.25) is 6.67 Å². The summed E-state index contributed by atoms with van der Waals surface area (Å²) in [6.07, 6.45) is 18.5. The van der Waals surface area contributed by atoms with Gasteiger partial charge in [0.25, 0.3) is 0 Å². The first kappa shape index (κ1) is 22.9. The number of rotatable bonds is 7. The van der Waals surface area contributed by atoms with Crippen LogP contribution in [0.3, 0.4) is 0 Å². The average molecular weight is 463 g/mol. The molecule has 2 radical (unpaired) electrons. The topological polar surface area (TPSA) is 6.48 Å². The zero-order chi connectivity index (χ0) is 22.5. The molecule has 0 saturated heterocycles. The normalized spacial score (nSPS) is 20.2. The van der Waals surface area contributed by atoms with Gasteiger partial charge in [-0.15, -0.1) is 0 Å². The molecule has 2 nitrogen and oxygen atoms in total. The van der Waals surface area contributed by atoms with E-state index in [0.29, 0.717) is 6.54 Å². The van der Waals surface area contributed by atoms with E-state index in [1.165, 1.54) is 81.9 Å². The molecule has 4 heteroatoms. The SMILES string of the molecule is Fc1ccc(CN2[C]N(Cc3ccccc3P(C3CCCCC3)C3CCCCC3)C=C2)cc1. The zero-order valence-electron chi connectivity index (χ0n) is 19.6. The van der Waals surface area contributed by atoms with Crippen molar-refractivity contribution >= 4 is 13.2 Å². The molecule has 2 aromatic carbocycles. The highest BCUT2D eigenvalue weighted by Crippen LogP contribution is 2.55. The average Bonchev–Trinajstić information content (AvgIpc) is 3.30. The first-order chi connectivity index (χ1) is 16.3. The largest absolute Gasteiger partial charge is 0.342 e. The van der Waals surface area contributed by atoms with E-state index < -0.39 is 0 Å². The Bertz CT molecular complexity index is 897. The monoisotopic (exact) mass is 462 g/mol. The van der Waals surface area contributed by atoms with Gasteiger partial charge >= 0.3 is 0 Å². The lowest BCUT2D eigenvalue weighted by atomic mass is 9.99. The molecule has 174 valence electrons. The molecule has 0 bridgehead atoms. The van der Waals surface area contributed by atoms with Crippen LogP contribution in [0.5, 0.6) is 0 Å². The Balaban J connectivity index is 1.30. The van der Waals surface area contributed by atoms with Crippen LogP contribution in [0.25, 0.3) is 0 Å². The summed E-state index contributed by atoms with van der Waals surface area (Å²) in [6, 6.07) is 16.1. The maximum atomic E-state index is 13.2. The third-order valence-electron chi connectivity index (χ3n) is 7.50. The van der Waals surface area contributed by atoms with Crippen molar-refractivity contribution in [3.05, 3.63) is 84.5 Å². The Morgan fingerprint density at radius 2 is 1.30 bits per heavy atom. The van der Waals surface area contributed by atoms with Crippen LogP contribution in [-0.2, 0) is 13.1 Å². The molecule has 1 aliphatic heterocycles. The number of hydrogen-bond donors (Lipinski definition) is 0. The predicted molar refractivity (Wildman–Crippen MR) is 137 cm³/mol. The van der Waals surface area contributed by atoms with Crippen molar-refractivity contribution in [2.75, 3.05) is 0 Å². The van der Waals surface area contributed by atoms with Gasteiger partial charge in [0, 0.05) is 25.5 Å². The van der Waals surface area contributed by atoms with Gasteiger partial charge in [-0.05, 0) is 65.6 Å². The second kappa shape index (κ2) is 11.0.